The number of nitrogens with one attached hydrogen (secondary N) is 1. The first kappa shape index (κ1) is 31.4. The van der Waals surface area contributed by atoms with E-state index in [-0.39, 0.29) is 6.54 Å². The molecule has 1 aliphatic rings. The lowest BCUT2D eigenvalue weighted by molar-refractivity contribution is -0.388. The van der Waals surface area contributed by atoms with Crippen LogP contribution in [0.2, 0.25) is 5.02 Å². The lowest BCUT2D eigenvalue weighted by atomic mass is 10.1. The summed E-state index contributed by atoms with van der Waals surface area (Å²) < 4.78 is 76.0. The molecule has 2 aromatic rings. The van der Waals surface area contributed by atoms with E-state index in [9.17, 15) is 36.5 Å². The number of nitrogens with zero attached hydrogens (tertiary/aromatic N) is 3. The number of rotatable bonds is 8. The first-order valence-corrected chi connectivity index (χ1v) is 13.8. The molecule has 1 amide bonds. The standard InChI is InChI=1S/C24H28ClF3N4O7S/c1-23(2,3)39-22(33)31-12-10-30(11-13-31)15-19(16-4-6-17(25)7-5-16)29-40(36,37)18-8-9-21(38-24(26,27)28)20(14-18)32(34)35/h4-9,14,19,29H,10-13,15H2,1-3H3. The first-order valence-electron chi connectivity index (χ1n) is 12.0. The van der Waals surface area contributed by atoms with Gasteiger partial charge in [0.2, 0.25) is 15.8 Å². The Labute approximate surface area is 234 Å². The molecule has 1 unspecified atom stereocenters. The molecule has 1 aliphatic heterocycles. The van der Waals surface area contributed by atoms with Crippen LogP contribution in [-0.4, -0.2) is 73.9 Å². The number of piperazine rings is 1. The van der Waals surface area contributed by atoms with Gasteiger partial charge in [-0.25, -0.2) is 17.9 Å². The van der Waals surface area contributed by atoms with Crippen LogP contribution in [0, 0.1) is 10.1 Å². The number of halogens is 4. The van der Waals surface area contributed by atoms with Gasteiger partial charge in [-0.1, -0.05) is 23.7 Å². The molecule has 0 radical (unpaired) electrons. The van der Waals surface area contributed by atoms with Crippen LogP contribution in [0.5, 0.6) is 5.75 Å². The predicted molar refractivity (Wildman–Crippen MR) is 139 cm³/mol. The Morgan fingerprint density at radius 2 is 1.70 bits per heavy atom. The average Bonchev–Trinajstić information content (AvgIpc) is 2.82. The molecule has 11 nitrogen and oxygen atoms in total. The summed E-state index contributed by atoms with van der Waals surface area (Å²) in [7, 11) is -4.46. The summed E-state index contributed by atoms with van der Waals surface area (Å²) >= 11 is 5.98. The van der Waals surface area contributed by atoms with Gasteiger partial charge >= 0.3 is 18.1 Å². The van der Waals surface area contributed by atoms with Gasteiger partial charge in [0.15, 0.2) is 0 Å². The zero-order valence-corrected chi connectivity index (χ0v) is 23.3. The summed E-state index contributed by atoms with van der Waals surface area (Å²) in [4.78, 5) is 25.4. The van der Waals surface area contributed by atoms with Gasteiger partial charge < -0.3 is 14.4 Å². The normalized spacial score (nSPS) is 15.9. The van der Waals surface area contributed by atoms with Crippen molar-refractivity contribution in [2.45, 2.75) is 43.7 Å². The molecule has 0 saturated carbocycles. The van der Waals surface area contributed by atoms with E-state index in [1.165, 1.54) is 0 Å². The second-order valence-electron chi connectivity index (χ2n) is 9.93. The van der Waals surface area contributed by atoms with E-state index < -0.39 is 55.4 Å². The van der Waals surface area contributed by atoms with Crippen LogP contribution >= 0.6 is 11.6 Å². The molecule has 1 atom stereocenters. The number of hydrogen-bond acceptors (Lipinski definition) is 8. The van der Waals surface area contributed by atoms with Crippen molar-refractivity contribution in [3.05, 3.63) is 63.2 Å². The number of alkyl halides is 3. The minimum atomic E-state index is -5.21. The summed E-state index contributed by atoms with van der Waals surface area (Å²) in [6.07, 6.45) is -5.67. The van der Waals surface area contributed by atoms with Gasteiger partial charge in [-0.3, -0.25) is 15.0 Å². The molecule has 1 heterocycles. The molecule has 0 spiro atoms. The lowest BCUT2D eigenvalue weighted by Gasteiger charge is -2.37. The van der Waals surface area contributed by atoms with Crippen LogP contribution < -0.4 is 9.46 Å². The Morgan fingerprint density at radius 3 is 2.23 bits per heavy atom. The number of carbonyl (C=O) groups is 1. The number of nitro groups is 1. The minimum Gasteiger partial charge on any atom is -0.444 e. The Hall–Kier alpha value is -3.14. The number of carbonyl (C=O) groups excluding carboxylic acids is 1. The topological polar surface area (TPSA) is 131 Å². The molecule has 3 rings (SSSR count). The molecule has 1 N–H and O–H groups in total. The number of hydrogen-bond donors (Lipinski definition) is 1. The lowest BCUT2D eigenvalue weighted by Crippen LogP contribution is -2.51. The van der Waals surface area contributed by atoms with Crippen molar-refractivity contribution in [3.8, 4) is 5.75 Å². The zero-order chi connectivity index (χ0) is 29.9. The minimum absolute atomic E-state index is 0.153. The Balaban J connectivity index is 1.82. The highest BCUT2D eigenvalue weighted by Gasteiger charge is 2.36. The van der Waals surface area contributed by atoms with Gasteiger partial charge in [-0.15, -0.1) is 13.2 Å². The second kappa shape index (κ2) is 12.2. The van der Waals surface area contributed by atoms with Crippen LogP contribution in [0.4, 0.5) is 23.7 Å². The summed E-state index contributed by atoms with van der Waals surface area (Å²) in [5.74, 6) is -1.14. The van der Waals surface area contributed by atoms with Crippen molar-refractivity contribution in [1.29, 1.82) is 0 Å². The van der Waals surface area contributed by atoms with E-state index in [0.717, 1.165) is 6.07 Å². The van der Waals surface area contributed by atoms with Gasteiger partial charge in [0.05, 0.1) is 15.9 Å². The molecule has 1 fully saturated rings. The highest BCUT2D eigenvalue weighted by atomic mass is 35.5. The van der Waals surface area contributed by atoms with Crippen molar-refractivity contribution < 1.29 is 40.8 Å². The van der Waals surface area contributed by atoms with Crippen molar-refractivity contribution in [3.63, 3.8) is 0 Å². The van der Waals surface area contributed by atoms with Gasteiger partial charge in [-0.05, 0) is 50.6 Å². The van der Waals surface area contributed by atoms with Crippen LogP contribution in [0.15, 0.2) is 47.4 Å². The van der Waals surface area contributed by atoms with E-state index in [0.29, 0.717) is 48.9 Å². The van der Waals surface area contributed by atoms with Crippen molar-refractivity contribution >= 4 is 33.4 Å². The SMILES string of the molecule is CC(C)(C)OC(=O)N1CCN(CC(NS(=O)(=O)c2ccc(OC(F)(F)F)c([N+](=O)[O-])c2)c2ccc(Cl)cc2)CC1. The summed E-state index contributed by atoms with van der Waals surface area (Å²) in [5.41, 5.74) is -1.30. The smallest absolute Gasteiger partial charge is 0.444 e. The number of benzene rings is 2. The quantitative estimate of drug-likeness (QED) is 0.336. The fourth-order valence-corrected chi connectivity index (χ4v) is 5.24. The Morgan fingerprint density at radius 1 is 1.10 bits per heavy atom. The van der Waals surface area contributed by atoms with Gasteiger partial charge in [0, 0.05) is 43.8 Å². The molecule has 1 saturated heterocycles. The van der Waals surface area contributed by atoms with Crippen LogP contribution in [0.1, 0.15) is 32.4 Å². The Kier molecular flexibility index (Phi) is 9.54. The predicted octanol–water partition coefficient (Wildman–Crippen LogP) is 4.72. The van der Waals surface area contributed by atoms with Crippen LogP contribution in [-0.2, 0) is 14.8 Å². The number of nitro benzene ring substituents is 1. The molecule has 0 bridgehead atoms. The van der Waals surface area contributed by atoms with Gasteiger partial charge in [0.25, 0.3) is 0 Å². The fourth-order valence-electron chi connectivity index (χ4n) is 3.88. The molecular weight excluding hydrogens is 581 g/mol. The largest absolute Gasteiger partial charge is 0.573 e. The third-order valence-electron chi connectivity index (χ3n) is 5.70. The third-order valence-corrected chi connectivity index (χ3v) is 7.42. The van der Waals surface area contributed by atoms with Crippen LogP contribution in [0.25, 0.3) is 0 Å². The maximum atomic E-state index is 13.3. The first-order chi connectivity index (χ1) is 18.4. The van der Waals surface area contributed by atoms with E-state index in [1.54, 1.807) is 49.9 Å². The molecular formula is C24H28ClF3N4O7S. The highest BCUT2D eigenvalue weighted by Crippen LogP contribution is 2.34. The molecule has 220 valence electrons. The fraction of sp³-hybridized carbons (Fsp3) is 0.458. The second-order valence-corrected chi connectivity index (χ2v) is 12.1. The maximum absolute atomic E-state index is 13.3. The van der Waals surface area contributed by atoms with E-state index in [4.69, 9.17) is 16.3 Å². The van der Waals surface area contributed by atoms with Crippen LogP contribution in [0.3, 0.4) is 0 Å². The van der Waals surface area contributed by atoms with Crippen molar-refractivity contribution in [2.24, 2.45) is 0 Å². The number of sulfonamides is 1. The molecule has 16 heteroatoms. The number of amides is 1. The Bertz CT molecular complexity index is 1330. The summed E-state index contributed by atoms with van der Waals surface area (Å²) in [6.45, 7) is 6.91. The zero-order valence-electron chi connectivity index (χ0n) is 21.8. The van der Waals surface area contributed by atoms with Gasteiger partial charge in [0.1, 0.15) is 5.60 Å². The highest BCUT2D eigenvalue weighted by molar-refractivity contribution is 7.89. The third kappa shape index (κ3) is 8.94. The monoisotopic (exact) mass is 608 g/mol. The number of ether oxygens (including phenoxy) is 2. The van der Waals surface area contributed by atoms with Crippen molar-refractivity contribution in [1.82, 2.24) is 14.5 Å². The molecule has 2 aromatic carbocycles. The van der Waals surface area contributed by atoms with Crippen molar-refractivity contribution in [2.75, 3.05) is 32.7 Å². The van der Waals surface area contributed by atoms with Gasteiger partial charge in [-0.2, -0.15) is 0 Å². The van der Waals surface area contributed by atoms with E-state index >= 15 is 0 Å². The van der Waals surface area contributed by atoms with E-state index in [1.807, 2.05) is 4.90 Å². The van der Waals surface area contributed by atoms with E-state index in [2.05, 4.69) is 9.46 Å². The maximum Gasteiger partial charge on any atom is 0.573 e. The average molecular weight is 609 g/mol. The molecule has 0 aromatic heterocycles. The molecule has 40 heavy (non-hydrogen) atoms. The summed E-state index contributed by atoms with van der Waals surface area (Å²) in [5, 5.41) is 11.8. The summed E-state index contributed by atoms with van der Waals surface area (Å²) in [6, 6.07) is 7.33. The molecule has 0 aliphatic carbocycles.